The summed E-state index contributed by atoms with van der Waals surface area (Å²) in [5.74, 6) is -1.32. The Hall–Kier alpha value is -1.94. The van der Waals surface area contributed by atoms with E-state index in [1.54, 1.807) is 0 Å². The van der Waals surface area contributed by atoms with Crippen molar-refractivity contribution in [2.75, 3.05) is 39.6 Å². The smallest absolute Gasteiger partial charge is 0.462 e. The van der Waals surface area contributed by atoms with Crippen LogP contribution in [0.15, 0.2) is 0 Å². The summed E-state index contributed by atoms with van der Waals surface area (Å²) < 4.78 is 68.3. The number of carbonyl (C=O) groups is 4. The van der Waals surface area contributed by atoms with Crippen LogP contribution in [-0.4, -0.2) is 96.7 Å². The van der Waals surface area contributed by atoms with Crippen molar-refractivity contribution >= 4 is 39.5 Å². The van der Waals surface area contributed by atoms with Crippen molar-refractivity contribution in [3.63, 3.8) is 0 Å². The van der Waals surface area contributed by atoms with Crippen LogP contribution >= 0.6 is 15.6 Å². The van der Waals surface area contributed by atoms with E-state index in [2.05, 4.69) is 34.6 Å². The summed E-state index contributed by atoms with van der Waals surface area (Å²) in [5, 5.41) is 10.6. The maximum absolute atomic E-state index is 13.1. The molecule has 0 rings (SSSR count). The topological polar surface area (TPSA) is 237 Å². The first kappa shape index (κ1) is 90.1. The van der Waals surface area contributed by atoms with Crippen molar-refractivity contribution in [1.82, 2.24) is 0 Å². The highest BCUT2D eigenvalue weighted by atomic mass is 31.2. The monoisotopic (exact) mass is 1350 g/mol. The molecule has 0 aliphatic carbocycles. The van der Waals surface area contributed by atoms with Gasteiger partial charge in [-0.05, 0) is 31.6 Å². The van der Waals surface area contributed by atoms with Crippen LogP contribution in [0.3, 0.4) is 0 Å². The van der Waals surface area contributed by atoms with Crippen LogP contribution in [0.5, 0.6) is 0 Å². The van der Waals surface area contributed by atoms with Crippen LogP contribution in [0.25, 0.3) is 0 Å². The van der Waals surface area contributed by atoms with Crippen LogP contribution in [0, 0.1) is 5.92 Å². The molecular weight excluding hydrogens is 1210 g/mol. The third kappa shape index (κ3) is 66.7. The summed E-state index contributed by atoms with van der Waals surface area (Å²) in [6, 6.07) is 0. The molecule has 2 unspecified atom stereocenters. The zero-order valence-corrected chi connectivity index (χ0v) is 61.5. The van der Waals surface area contributed by atoms with Gasteiger partial charge in [-0.15, -0.1) is 0 Å². The van der Waals surface area contributed by atoms with Crippen molar-refractivity contribution in [3.05, 3.63) is 0 Å². The molecule has 17 nitrogen and oxygen atoms in total. The van der Waals surface area contributed by atoms with Gasteiger partial charge in [-0.2, -0.15) is 0 Å². The zero-order valence-electron chi connectivity index (χ0n) is 59.7. The lowest BCUT2D eigenvalue weighted by Gasteiger charge is -2.21. The van der Waals surface area contributed by atoms with Crippen LogP contribution < -0.4 is 0 Å². The van der Waals surface area contributed by atoms with E-state index in [0.717, 1.165) is 102 Å². The minimum absolute atomic E-state index is 0.106. The maximum Gasteiger partial charge on any atom is 0.472 e. The van der Waals surface area contributed by atoms with Gasteiger partial charge < -0.3 is 33.8 Å². The fourth-order valence-corrected chi connectivity index (χ4v) is 12.8. The summed E-state index contributed by atoms with van der Waals surface area (Å²) >= 11 is 0. The van der Waals surface area contributed by atoms with Gasteiger partial charge in [0.15, 0.2) is 12.2 Å². The van der Waals surface area contributed by atoms with Gasteiger partial charge in [0.2, 0.25) is 0 Å². The SMILES string of the molecule is CCCCCCCCCCCCCCCCCCCC(=O)OC[C@H](COP(=O)(O)OC[C@@H](O)COP(=O)(O)OC[C@@H](COC(=O)CCCCCCCCCC)OC(=O)CCCCCCCCCCC)OC(=O)CCCCCCCCCCCCCCCCCC(C)C. The van der Waals surface area contributed by atoms with Crippen molar-refractivity contribution in [1.29, 1.82) is 0 Å². The van der Waals surface area contributed by atoms with E-state index in [-0.39, 0.29) is 25.7 Å². The molecule has 0 aliphatic rings. The predicted octanol–water partition coefficient (Wildman–Crippen LogP) is 21.3. The zero-order chi connectivity index (χ0) is 67.7. The van der Waals surface area contributed by atoms with Crippen LogP contribution in [0.2, 0.25) is 0 Å². The molecule has 0 aromatic rings. The molecule has 0 fully saturated rings. The van der Waals surface area contributed by atoms with Crippen molar-refractivity contribution in [3.8, 4) is 0 Å². The first-order chi connectivity index (χ1) is 44.5. The summed E-state index contributed by atoms with van der Waals surface area (Å²) in [6.07, 6.45) is 54.2. The molecule has 0 amide bonds. The molecule has 0 bridgehead atoms. The molecule has 19 heteroatoms. The average molecular weight is 1350 g/mol. The van der Waals surface area contributed by atoms with Gasteiger partial charge in [0.25, 0.3) is 0 Å². The molecule has 0 aromatic carbocycles. The van der Waals surface area contributed by atoms with Crippen LogP contribution in [0.4, 0.5) is 0 Å². The lowest BCUT2D eigenvalue weighted by molar-refractivity contribution is -0.161. The molecule has 0 heterocycles. The van der Waals surface area contributed by atoms with E-state index in [1.807, 2.05) is 0 Å². The Balaban J connectivity index is 5.18. The van der Waals surface area contributed by atoms with Gasteiger partial charge >= 0.3 is 39.5 Å². The Morgan fingerprint density at radius 2 is 0.500 bits per heavy atom. The molecule has 0 saturated carbocycles. The Morgan fingerprint density at radius 3 is 0.739 bits per heavy atom. The van der Waals surface area contributed by atoms with E-state index < -0.39 is 97.5 Å². The Morgan fingerprint density at radius 1 is 0.293 bits per heavy atom. The van der Waals surface area contributed by atoms with E-state index in [0.29, 0.717) is 25.7 Å². The molecule has 3 N–H and O–H groups in total. The maximum atomic E-state index is 13.1. The number of phosphoric acid groups is 2. The standard InChI is InChI=1S/C73H142O17P2/c1-6-9-12-15-18-21-22-23-24-25-28-31-34-38-42-47-52-57-71(76)84-63-69(90-73(78)59-54-49-44-39-35-32-29-26-27-30-33-37-40-45-50-55-66(4)5)65-88-92(81,82)86-61-67(74)60-85-91(79,80)87-64-68(62-83-70(75)56-51-46-41-20-17-14-11-8-3)89-72(77)58-53-48-43-36-19-16-13-10-7-2/h66-69,74H,6-65H2,1-5H3,(H,79,80)(H,81,82)/t67-,68+,69+/m0/s1. The van der Waals surface area contributed by atoms with E-state index >= 15 is 0 Å². The molecule has 0 spiro atoms. The quantitative estimate of drug-likeness (QED) is 0.0222. The van der Waals surface area contributed by atoms with Gasteiger partial charge in [0, 0.05) is 25.7 Å². The van der Waals surface area contributed by atoms with Crippen molar-refractivity contribution < 1.29 is 80.2 Å². The van der Waals surface area contributed by atoms with E-state index in [9.17, 15) is 43.2 Å². The number of aliphatic hydroxyl groups is 1. The molecule has 0 aromatic heterocycles. The number of hydrogen-bond donors (Lipinski definition) is 3. The lowest BCUT2D eigenvalue weighted by atomic mass is 10.0. The van der Waals surface area contributed by atoms with Crippen LogP contribution in [-0.2, 0) is 65.4 Å². The Kier molecular flexibility index (Phi) is 64.9. The van der Waals surface area contributed by atoms with Crippen molar-refractivity contribution in [2.45, 2.75) is 400 Å². The summed E-state index contributed by atoms with van der Waals surface area (Å²) in [5.41, 5.74) is 0. The van der Waals surface area contributed by atoms with Gasteiger partial charge in [-0.3, -0.25) is 37.3 Å². The Labute approximate surface area is 562 Å². The highest BCUT2D eigenvalue weighted by Crippen LogP contribution is 2.45. The Bertz CT molecular complexity index is 1770. The van der Waals surface area contributed by atoms with Gasteiger partial charge in [0.05, 0.1) is 26.4 Å². The third-order valence-corrected chi connectivity index (χ3v) is 18.9. The molecule has 0 radical (unpaired) electrons. The highest BCUT2D eigenvalue weighted by molar-refractivity contribution is 7.47. The predicted molar refractivity (Wildman–Crippen MR) is 372 cm³/mol. The molecular formula is C73H142O17P2. The largest absolute Gasteiger partial charge is 0.472 e. The minimum atomic E-state index is -4.95. The average Bonchev–Trinajstić information content (AvgIpc) is 3.20. The number of carbonyl (C=O) groups excluding carboxylic acids is 4. The van der Waals surface area contributed by atoms with Crippen molar-refractivity contribution in [2.24, 2.45) is 5.92 Å². The van der Waals surface area contributed by atoms with E-state index in [4.69, 9.17) is 37.0 Å². The minimum Gasteiger partial charge on any atom is -0.462 e. The number of esters is 4. The summed E-state index contributed by atoms with van der Waals surface area (Å²) in [4.78, 5) is 72.5. The number of ether oxygens (including phenoxy) is 4. The molecule has 5 atom stereocenters. The number of rotatable bonds is 73. The van der Waals surface area contributed by atoms with Gasteiger partial charge in [-0.1, -0.05) is 330 Å². The van der Waals surface area contributed by atoms with E-state index in [1.165, 1.54) is 199 Å². The first-order valence-corrected chi connectivity index (χ1v) is 41.1. The molecule has 92 heavy (non-hydrogen) atoms. The molecule has 0 saturated heterocycles. The second-order valence-corrected chi connectivity index (χ2v) is 29.7. The van der Waals surface area contributed by atoms with Gasteiger partial charge in [0.1, 0.15) is 19.3 Å². The fraction of sp³-hybridized carbons (Fsp3) is 0.945. The number of unbranched alkanes of at least 4 members (excludes halogenated alkanes) is 45. The fourth-order valence-electron chi connectivity index (χ4n) is 11.2. The summed E-state index contributed by atoms with van der Waals surface area (Å²) in [6.45, 7) is 7.25. The number of hydrogen-bond acceptors (Lipinski definition) is 15. The third-order valence-electron chi connectivity index (χ3n) is 17.0. The number of aliphatic hydroxyl groups excluding tert-OH is 1. The summed E-state index contributed by atoms with van der Waals surface area (Å²) in [7, 11) is -9.90. The second-order valence-electron chi connectivity index (χ2n) is 26.8. The molecule has 0 aliphatic heterocycles. The second kappa shape index (κ2) is 66.3. The van der Waals surface area contributed by atoms with Gasteiger partial charge in [-0.25, -0.2) is 9.13 Å². The molecule has 546 valence electrons. The lowest BCUT2D eigenvalue weighted by Crippen LogP contribution is -2.30. The normalized spacial score (nSPS) is 14.0. The number of phosphoric ester groups is 2. The van der Waals surface area contributed by atoms with Crippen LogP contribution in [0.1, 0.15) is 381 Å². The highest BCUT2D eigenvalue weighted by Gasteiger charge is 2.30. The first-order valence-electron chi connectivity index (χ1n) is 38.1.